The number of hydrogen-bond donors (Lipinski definition) is 0. The molecular formula is C8H21AsSi. The van der Waals surface area contributed by atoms with Gasteiger partial charge in [0, 0.05) is 0 Å². The predicted octanol–water partition coefficient (Wildman–Crippen LogP) is 3.33. The maximum absolute atomic E-state index is 2.54. The molecule has 0 N–H and O–H groups in total. The topological polar surface area (TPSA) is 0 Å². The third-order valence-corrected chi connectivity index (χ3v) is 24.4. The van der Waals surface area contributed by atoms with Crippen LogP contribution in [-0.4, -0.2) is 20.5 Å². The van der Waals surface area contributed by atoms with Crippen LogP contribution in [0.3, 0.4) is 0 Å². The monoisotopic (exact) mass is 220 g/mol. The fourth-order valence-electron chi connectivity index (χ4n) is 1.01. The third kappa shape index (κ3) is 3.25. The van der Waals surface area contributed by atoms with Crippen molar-refractivity contribution in [3.05, 3.63) is 0 Å². The van der Waals surface area contributed by atoms with Gasteiger partial charge in [0.2, 0.25) is 0 Å². The van der Waals surface area contributed by atoms with E-state index in [4.69, 9.17) is 0 Å². The molecular weight excluding hydrogens is 199 g/mol. The Hall–Kier alpha value is 0.775. The molecule has 0 nitrogen and oxygen atoms in total. The summed E-state index contributed by atoms with van der Waals surface area (Å²) in [7, 11) is 0. The first-order chi connectivity index (χ1) is 4.15. The van der Waals surface area contributed by atoms with Crippen LogP contribution in [-0.2, 0) is 0 Å². The summed E-state index contributed by atoms with van der Waals surface area (Å²) in [6.45, 7) is 14.0. The molecule has 1 atom stereocenters. The second kappa shape index (κ2) is 3.02. The summed E-state index contributed by atoms with van der Waals surface area (Å²) in [5.41, 5.74) is 2.54. The molecule has 0 radical (unpaired) electrons. The maximum atomic E-state index is 2.54. The van der Waals surface area contributed by atoms with Crippen LogP contribution in [0.5, 0.6) is 0 Å². The fourth-order valence-corrected chi connectivity index (χ4v) is 15.7. The molecule has 0 aliphatic carbocycles. The molecule has 0 aromatic heterocycles. The van der Waals surface area contributed by atoms with Gasteiger partial charge in [0.1, 0.15) is 0 Å². The Bertz CT molecular complexity index is 93.4. The van der Waals surface area contributed by atoms with Crippen molar-refractivity contribution in [3.63, 3.8) is 0 Å². The van der Waals surface area contributed by atoms with E-state index in [0.717, 1.165) is 0 Å². The van der Waals surface area contributed by atoms with Crippen molar-refractivity contribution < 1.29 is 0 Å². The molecule has 0 saturated carbocycles. The number of hydrogen-bond acceptors (Lipinski definition) is 0. The van der Waals surface area contributed by atoms with Gasteiger partial charge in [0.15, 0.2) is 0 Å². The van der Waals surface area contributed by atoms with Crippen molar-refractivity contribution in [1.82, 2.24) is 0 Å². The molecule has 0 saturated heterocycles. The minimum atomic E-state index is -0.750. The van der Waals surface area contributed by atoms with Gasteiger partial charge in [0.25, 0.3) is 0 Å². The van der Waals surface area contributed by atoms with E-state index < -0.39 is 20.5 Å². The van der Waals surface area contributed by atoms with Crippen molar-refractivity contribution in [2.75, 3.05) is 0 Å². The van der Waals surface area contributed by atoms with Gasteiger partial charge in [-0.1, -0.05) is 0 Å². The van der Waals surface area contributed by atoms with E-state index in [9.17, 15) is 0 Å². The van der Waals surface area contributed by atoms with Gasteiger partial charge in [-0.05, 0) is 0 Å². The quantitative estimate of drug-likeness (QED) is 0.595. The summed E-state index contributed by atoms with van der Waals surface area (Å²) in [6.07, 6.45) is 0. The van der Waals surface area contributed by atoms with Crippen molar-refractivity contribution in [3.8, 4) is 0 Å². The second-order valence-electron chi connectivity index (χ2n) is 4.90. The number of rotatable bonds is 1. The molecule has 0 spiro atoms. The summed E-state index contributed by atoms with van der Waals surface area (Å²) < 4.78 is 0.650. The van der Waals surface area contributed by atoms with Crippen LogP contribution in [0.1, 0.15) is 20.8 Å². The van der Waals surface area contributed by atoms with Gasteiger partial charge in [0.05, 0.1) is 0 Å². The molecule has 0 aromatic carbocycles. The molecule has 0 rings (SSSR count). The molecule has 2 heteroatoms. The molecule has 0 fully saturated rings. The Morgan fingerprint density at radius 2 is 1.30 bits per heavy atom. The molecule has 0 bridgehead atoms. The predicted molar refractivity (Wildman–Crippen MR) is 54.7 cm³/mol. The van der Waals surface area contributed by atoms with Crippen LogP contribution in [0, 0.1) is 0 Å². The summed E-state index contributed by atoms with van der Waals surface area (Å²) in [6, 6.07) is 0. The first kappa shape index (κ1) is 10.8. The summed E-state index contributed by atoms with van der Waals surface area (Å²) in [4.78, 5) is 0. The summed E-state index contributed by atoms with van der Waals surface area (Å²) in [5.74, 6) is 0. The Balaban J connectivity index is 4.23. The van der Waals surface area contributed by atoms with Crippen molar-refractivity contribution in [2.24, 2.45) is 0 Å². The van der Waals surface area contributed by atoms with E-state index in [2.05, 4.69) is 46.1 Å². The van der Waals surface area contributed by atoms with Crippen LogP contribution < -0.4 is 0 Å². The molecule has 10 heavy (non-hydrogen) atoms. The zero-order valence-corrected chi connectivity index (χ0v) is 11.3. The van der Waals surface area contributed by atoms with Crippen LogP contribution >= 0.6 is 0 Å². The fraction of sp³-hybridized carbons (Fsp3) is 1.00. The molecule has 0 aliphatic rings. The van der Waals surface area contributed by atoms with Gasteiger partial charge >= 0.3 is 70.9 Å². The average Bonchev–Trinajstić information content (AvgIpc) is 1.59. The van der Waals surface area contributed by atoms with E-state index in [1.165, 1.54) is 0 Å². The zero-order chi connectivity index (χ0) is 8.58. The van der Waals surface area contributed by atoms with Gasteiger partial charge in [-0.3, -0.25) is 0 Å². The van der Waals surface area contributed by atoms with Gasteiger partial charge < -0.3 is 0 Å². The van der Waals surface area contributed by atoms with Crippen LogP contribution in [0.4, 0.5) is 0 Å². The Morgan fingerprint density at radius 1 is 1.00 bits per heavy atom. The zero-order valence-electron chi connectivity index (χ0n) is 8.45. The Labute approximate surface area is 71.1 Å². The van der Waals surface area contributed by atoms with E-state index in [-0.39, 0.29) is 0 Å². The summed E-state index contributed by atoms with van der Waals surface area (Å²) in [5, 5.41) is 0. The Morgan fingerprint density at radius 3 is 1.30 bits per heavy atom. The first-order valence-corrected chi connectivity index (χ1v) is 13.0. The molecule has 0 amide bonds. The van der Waals surface area contributed by atoms with Crippen molar-refractivity contribution in [1.29, 1.82) is 0 Å². The van der Waals surface area contributed by atoms with Crippen molar-refractivity contribution in [2.45, 2.75) is 50.3 Å². The van der Waals surface area contributed by atoms with Gasteiger partial charge in [-0.15, -0.1) is 0 Å². The second-order valence-corrected chi connectivity index (χ2v) is 26.3. The van der Waals surface area contributed by atoms with Crippen LogP contribution in [0.25, 0.3) is 0 Å². The average molecular weight is 220 g/mol. The van der Waals surface area contributed by atoms with E-state index >= 15 is 0 Å². The molecule has 0 aliphatic heterocycles. The molecule has 62 valence electrons. The third-order valence-electron chi connectivity index (χ3n) is 2.01. The van der Waals surface area contributed by atoms with E-state index in [1.54, 1.807) is 0 Å². The van der Waals surface area contributed by atoms with E-state index in [0.29, 0.717) is 4.20 Å². The normalized spacial score (nSPS) is 17.1. The Kier molecular flexibility index (Phi) is 3.26. The summed E-state index contributed by atoms with van der Waals surface area (Å²) >= 11 is -0.507. The minimum absolute atomic E-state index is 0.507. The van der Waals surface area contributed by atoms with Crippen LogP contribution in [0.15, 0.2) is 0 Å². The van der Waals surface area contributed by atoms with Crippen LogP contribution in [0.2, 0.25) is 29.6 Å². The molecule has 1 unspecified atom stereocenters. The van der Waals surface area contributed by atoms with Gasteiger partial charge in [-0.25, -0.2) is 0 Å². The van der Waals surface area contributed by atoms with Crippen molar-refractivity contribution >= 4 is 20.5 Å². The van der Waals surface area contributed by atoms with Gasteiger partial charge in [-0.2, -0.15) is 0 Å². The molecule has 0 aromatic rings. The SMILES string of the molecule is C[As](C(C)(C)C)[Si](C)(C)C. The first-order valence-electron chi connectivity index (χ1n) is 3.89. The standard InChI is InChI=1S/C8H21AsSi/c1-8(2,3)9(4)10(5,6)7/h1-7H3. The van der Waals surface area contributed by atoms with E-state index in [1.807, 2.05) is 0 Å². The molecule has 0 heterocycles.